The highest BCUT2D eigenvalue weighted by Crippen LogP contribution is 2.61. The van der Waals surface area contributed by atoms with Crippen molar-refractivity contribution in [2.24, 2.45) is 29.1 Å². The van der Waals surface area contributed by atoms with Gasteiger partial charge in [-0.15, -0.1) is 0 Å². The van der Waals surface area contributed by atoms with Crippen molar-refractivity contribution in [3.05, 3.63) is 83.4 Å². The van der Waals surface area contributed by atoms with Gasteiger partial charge in [-0.2, -0.15) is 5.06 Å². The maximum atomic E-state index is 14.3. The molecule has 3 aromatic rings. The molecular weight excluding hydrogens is 735 g/mol. The van der Waals surface area contributed by atoms with E-state index < -0.39 is 24.2 Å². The number of hydrogen-bond donors (Lipinski definition) is 5. The summed E-state index contributed by atoms with van der Waals surface area (Å²) >= 11 is 0. The van der Waals surface area contributed by atoms with Crippen molar-refractivity contribution in [2.45, 2.75) is 83.8 Å². The molecule has 3 aromatic carbocycles. The van der Waals surface area contributed by atoms with Gasteiger partial charge in [-0.1, -0.05) is 69.3 Å². The summed E-state index contributed by atoms with van der Waals surface area (Å²) in [6.45, 7) is 9.27. The lowest BCUT2D eigenvalue weighted by Crippen LogP contribution is -2.62. The van der Waals surface area contributed by atoms with E-state index in [4.69, 9.17) is 9.57 Å². The first-order valence-corrected chi connectivity index (χ1v) is 20.8. The maximum Gasteiger partial charge on any atom is 0.251 e. The van der Waals surface area contributed by atoms with Gasteiger partial charge >= 0.3 is 0 Å². The highest BCUT2D eigenvalue weighted by atomic mass is 16.7. The van der Waals surface area contributed by atoms with Crippen LogP contribution in [-0.2, 0) is 22.6 Å². The Kier molecular flexibility index (Phi) is 13.9. The summed E-state index contributed by atoms with van der Waals surface area (Å²) in [4.78, 5) is 38.7. The molecule has 12 heteroatoms. The molecule has 3 saturated carbocycles. The van der Waals surface area contributed by atoms with Gasteiger partial charge < -0.3 is 40.5 Å². The van der Waals surface area contributed by atoms with Crippen LogP contribution >= 0.6 is 0 Å². The van der Waals surface area contributed by atoms with E-state index in [1.165, 1.54) is 6.42 Å². The molecular formula is C46H65N5O7. The average molecular weight is 800 g/mol. The van der Waals surface area contributed by atoms with Crippen LogP contribution in [0.2, 0.25) is 0 Å². The van der Waals surface area contributed by atoms with E-state index in [1.54, 1.807) is 19.1 Å². The van der Waals surface area contributed by atoms with Crippen LogP contribution in [0.25, 0.3) is 11.1 Å². The van der Waals surface area contributed by atoms with E-state index in [-0.39, 0.29) is 49.1 Å². The maximum absolute atomic E-state index is 14.3. The Balaban J connectivity index is 1.30. The molecule has 7 rings (SSSR count). The highest BCUT2D eigenvalue weighted by Gasteiger charge is 2.57. The summed E-state index contributed by atoms with van der Waals surface area (Å²) in [5.74, 6) is 0.853. The minimum Gasteiger partial charge on any atom is -0.496 e. The predicted molar refractivity (Wildman–Crippen MR) is 226 cm³/mol. The molecule has 3 aliphatic carbocycles. The Bertz CT molecular complexity index is 1870. The predicted octanol–water partition coefficient (Wildman–Crippen LogP) is 4.35. The van der Waals surface area contributed by atoms with Crippen LogP contribution < -0.4 is 20.3 Å². The fourth-order valence-electron chi connectivity index (χ4n) is 10.00. The van der Waals surface area contributed by atoms with Crippen LogP contribution in [0.5, 0.6) is 5.75 Å². The zero-order valence-electron chi connectivity index (χ0n) is 35.5. The highest BCUT2D eigenvalue weighted by molar-refractivity contribution is 5.97. The number of hydroxylamine groups is 2. The number of aliphatic hydroxyl groups is 3. The van der Waals surface area contributed by atoms with Gasteiger partial charge in [0, 0.05) is 60.5 Å². The zero-order chi connectivity index (χ0) is 41.9. The van der Waals surface area contributed by atoms with Crippen molar-refractivity contribution in [1.29, 1.82) is 0 Å². The molecule has 12 nitrogen and oxygen atoms in total. The average Bonchev–Trinajstić information content (AvgIpc) is 3.57. The van der Waals surface area contributed by atoms with E-state index in [0.717, 1.165) is 34.4 Å². The van der Waals surface area contributed by atoms with E-state index in [2.05, 4.69) is 48.4 Å². The summed E-state index contributed by atoms with van der Waals surface area (Å²) in [6.07, 6.45) is 1.07. The lowest BCUT2D eigenvalue weighted by molar-refractivity contribution is -0.183. The number of para-hydroxylation sites is 1. The molecule has 4 aliphatic rings. The van der Waals surface area contributed by atoms with E-state index in [0.29, 0.717) is 48.6 Å². The second kappa shape index (κ2) is 18.5. The number of methoxy groups -OCH3 is 1. The fourth-order valence-corrected chi connectivity index (χ4v) is 10.00. The number of anilines is 1. The van der Waals surface area contributed by atoms with Crippen molar-refractivity contribution in [1.82, 2.24) is 20.6 Å². The number of fused-ring (bicyclic) bond motifs is 2. The van der Waals surface area contributed by atoms with Crippen molar-refractivity contribution in [2.75, 3.05) is 59.5 Å². The van der Waals surface area contributed by atoms with Gasteiger partial charge in [0.05, 0.1) is 33.0 Å². The van der Waals surface area contributed by atoms with Crippen LogP contribution in [0.1, 0.15) is 62.0 Å². The molecule has 5 N–H and O–H groups in total. The van der Waals surface area contributed by atoms with Gasteiger partial charge in [-0.3, -0.25) is 14.4 Å². The monoisotopic (exact) mass is 799 g/mol. The molecule has 58 heavy (non-hydrogen) atoms. The van der Waals surface area contributed by atoms with Crippen LogP contribution in [0.15, 0.2) is 66.7 Å². The van der Waals surface area contributed by atoms with Gasteiger partial charge in [0.15, 0.2) is 0 Å². The van der Waals surface area contributed by atoms with Gasteiger partial charge in [0.25, 0.3) is 5.91 Å². The molecule has 0 radical (unpaired) electrons. The fraction of sp³-hybridized carbons (Fsp3) is 0.565. The molecule has 1 unspecified atom stereocenters. The topological polar surface area (TPSA) is 147 Å². The number of nitrogens with one attached hydrogen (secondary N) is 2. The normalized spacial score (nSPS) is 26.1. The minimum absolute atomic E-state index is 0.0194. The molecule has 1 heterocycles. The minimum atomic E-state index is -0.921. The molecule has 4 fully saturated rings. The smallest absolute Gasteiger partial charge is 0.251 e. The molecule has 2 amide bonds. The largest absolute Gasteiger partial charge is 0.496 e. The van der Waals surface area contributed by atoms with Gasteiger partial charge in [0.2, 0.25) is 5.91 Å². The molecule has 2 bridgehead atoms. The number of carbonyl (C=O) groups excluding carboxylic acids is 2. The van der Waals surface area contributed by atoms with Gasteiger partial charge in [-0.05, 0) is 92.8 Å². The number of carbonyl (C=O) groups is 2. The quantitative estimate of drug-likeness (QED) is 0.134. The number of amides is 2. The standard InChI is InChI=1S/C46H65N5O7/c1-28-38-23-34(46(38,3)4)24-39(28)48-45(56)42-41(29(2)54)40(27-53)58-51(42)25-31-15-12-16-37(43(31)57-8)32-20-33(22-36(21-32)50(7)17-18-52)44(55)47-35(26-49(5)6)19-30-13-10-9-11-14-30/h9-16,20-22,28-29,34-35,38-42,52-54H,17-19,23-27H2,1-8H3,(H,47,55)(H,48,56)/t28-,29-,34+,35-,38-,39-,40?,41+,42-/m0/s1. The summed E-state index contributed by atoms with van der Waals surface area (Å²) in [7, 11) is 7.44. The van der Waals surface area contributed by atoms with Crippen LogP contribution in [-0.4, -0.2) is 122 Å². The summed E-state index contributed by atoms with van der Waals surface area (Å²) < 4.78 is 6.12. The Morgan fingerprint density at radius 3 is 2.40 bits per heavy atom. The van der Waals surface area contributed by atoms with Gasteiger partial charge in [-0.25, -0.2) is 0 Å². The van der Waals surface area contributed by atoms with E-state index in [9.17, 15) is 24.9 Å². The summed E-state index contributed by atoms with van der Waals surface area (Å²) in [5.41, 5.74) is 4.80. The Morgan fingerprint density at radius 2 is 1.78 bits per heavy atom. The summed E-state index contributed by atoms with van der Waals surface area (Å²) in [5, 5.41) is 39.4. The van der Waals surface area contributed by atoms with E-state index >= 15 is 0 Å². The molecule has 1 aliphatic heterocycles. The number of aliphatic hydroxyl groups excluding tert-OH is 3. The van der Waals surface area contributed by atoms with Crippen LogP contribution in [0, 0.1) is 29.1 Å². The Labute approximate surface area is 344 Å². The van der Waals surface area contributed by atoms with Crippen molar-refractivity contribution in [3.63, 3.8) is 0 Å². The first kappa shape index (κ1) is 43.5. The number of likely N-dealkylation sites (N-methyl/N-ethyl adjacent to an activating group) is 2. The lowest BCUT2D eigenvalue weighted by Gasteiger charge is -2.62. The van der Waals surface area contributed by atoms with E-state index in [1.807, 2.05) is 80.6 Å². The molecule has 316 valence electrons. The summed E-state index contributed by atoms with van der Waals surface area (Å²) in [6, 6.07) is 20.5. The van der Waals surface area contributed by atoms with Crippen molar-refractivity contribution in [3.8, 4) is 16.9 Å². The number of nitrogens with zero attached hydrogens (tertiary/aromatic N) is 3. The second-order valence-electron chi connectivity index (χ2n) is 17.8. The molecule has 9 atom stereocenters. The molecule has 1 saturated heterocycles. The first-order chi connectivity index (χ1) is 27.7. The third-order valence-electron chi connectivity index (χ3n) is 13.3. The first-order valence-electron chi connectivity index (χ1n) is 20.8. The van der Waals surface area contributed by atoms with Gasteiger partial charge in [0.1, 0.15) is 17.9 Å². The van der Waals surface area contributed by atoms with Crippen LogP contribution in [0.4, 0.5) is 5.69 Å². The third kappa shape index (κ3) is 9.22. The SMILES string of the molecule is COc1c(CN2OC(CO)[C@@H]([C@H](C)O)[C@H]2C(=O)N[C@H]2C[C@H]3C[C@@H]([C@@H]2C)C3(C)C)cccc1-c1cc(C(=O)N[C@@H](Cc2ccccc2)CN(C)C)cc(N(C)CCO)c1. The molecule has 0 spiro atoms. The molecule has 0 aromatic heterocycles. The second-order valence-corrected chi connectivity index (χ2v) is 17.8. The van der Waals surface area contributed by atoms with Crippen molar-refractivity contribution < 1.29 is 34.5 Å². The number of benzene rings is 3. The number of ether oxygens (including phenoxy) is 1. The Hall–Kier alpha value is -4.04. The zero-order valence-corrected chi connectivity index (χ0v) is 35.5. The van der Waals surface area contributed by atoms with Crippen LogP contribution in [0.3, 0.4) is 0 Å². The number of rotatable bonds is 17. The lowest BCUT2D eigenvalue weighted by atomic mass is 9.45. The van der Waals surface area contributed by atoms with Crippen molar-refractivity contribution >= 4 is 17.5 Å². The number of hydrogen-bond acceptors (Lipinski definition) is 10. The Morgan fingerprint density at radius 1 is 1.03 bits per heavy atom. The third-order valence-corrected chi connectivity index (χ3v) is 13.3.